The number of anilines is 2. The lowest BCUT2D eigenvalue weighted by molar-refractivity contribution is 0.0958. The van der Waals surface area contributed by atoms with E-state index in [1.165, 1.54) is 0 Å². The van der Waals surface area contributed by atoms with Crippen LogP contribution in [0, 0.1) is 0 Å². The van der Waals surface area contributed by atoms with Gasteiger partial charge in [0.05, 0.1) is 5.69 Å². The van der Waals surface area contributed by atoms with Gasteiger partial charge in [0.15, 0.2) is 9.84 Å². The van der Waals surface area contributed by atoms with Gasteiger partial charge < -0.3 is 16.0 Å². The van der Waals surface area contributed by atoms with Crippen LogP contribution in [0.5, 0.6) is 0 Å². The Morgan fingerprint density at radius 2 is 2.00 bits per heavy atom. The van der Waals surface area contributed by atoms with E-state index in [0.29, 0.717) is 18.1 Å². The molecular weight excluding hydrogens is 298 g/mol. The highest BCUT2D eigenvalue weighted by Crippen LogP contribution is 2.40. The highest BCUT2D eigenvalue weighted by Gasteiger charge is 2.28. The van der Waals surface area contributed by atoms with Crippen LogP contribution in [0.3, 0.4) is 0 Å². The first-order valence-electron chi connectivity index (χ1n) is 6.35. The Hall–Kier alpha value is -1.28. The second kappa shape index (κ2) is 6.45. The van der Waals surface area contributed by atoms with Crippen molar-refractivity contribution >= 4 is 37.8 Å². The number of sulfone groups is 1. The van der Waals surface area contributed by atoms with Gasteiger partial charge in [-0.3, -0.25) is 4.79 Å². The molecule has 0 radical (unpaired) electrons. The first kappa shape index (κ1) is 16.8. The van der Waals surface area contributed by atoms with Gasteiger partial charge in [0, 0.05) is 26.4 Å². The summed E-state index contributed by atoms with van der Waals surface area (Å²) in [6.07, 6.45) is 1.91. The molecule has 0 aromatic carbocycles. The van der Waals surface area contributed by atoms with Crippen LogP contribution in [-0.4, -0.2) is 40.7 Å². The molecule has 3 N–H and O–H groups in total. The number of thiophene rings is 1. The molecule has 8 heteroatoms. The topological polar surface area (TPSA) is 92.5 Å². The molecule has 114 valence electrons. The van der Waals surface area contributed by atoms with Crippen LogP contribution in [-0.2, 0) is 9.84 Å². The summed E-state index contributed by atoms with van der Waals surface area (Å²) >= 11 is 1.11. The van der Waals surface area contributed by atoms with E-state index in [0.717, 1.165) is 24.0 Å². The molecule has 1 rings (SSSR count). The molecule has 0 saturated carbocycles. The fraction of sp³-hybridized carbons (Fsp3) is 0.583. The van der Waals surface area contributed by atoms with Gasteiger partial charge in [0.2, 0.25) is 0 Å². The van der Waals surface area contributed by atoms with E-state index in [2.05, 4.69) is 5.32 Å². The predicted octanol–water partition coefficient (Wildman–Crippen LogP) is 1.33. The minimum atomic E-state index is -3.49. The average molecular weight is 319 g/mol. The zero-order valence-electron chi connectivity index (χ0n) is 12.2. The lowest BCUT2D eigenvalue weighted by Gasteiger charge is -2.15. The number of carbonyl (C=O) groups excluding carboxylic acids is 1. The number of hydrogen-bond acceptors (Lipinski definition) is 6. The second-order valence-corrected chi connectivity index (χ2v) is 7.47. The van der Waals surface area contributed by atoms with Crippen molar-refractivity contribution in [3.05, 3.63) is 4.88 Å². The smallest absolute Gasteiger partial charge is 0.263 e. The molecule has 1 amide bonds. The van der Waals surface area contributed by atoms with Gasteiger partial charge in [-0.2, -0.15) is 0 Å². The number of rotatable bonds is 6. The highest BCUT2D eigenvalue weighted by atomic mass is 32.2. The van der Waals surface area contributed by atoms with E-state index in [1.807, 2.05) is 13.8 Å². The van der Waals surface area contributed by atoms with E-state index in [1.54, 1.807) is 11.9 Å². The predicted molar refractivity (Wildman–Crippen MR) is 83.4 cm³/mol. The monoisotopic (exact) mass is 319 g/mol. The number of nitrogen functional groups attached to an aromatic ring is 1. The molecule has 0 aliphatic rings. The maximum absolute atomic E-state index is 12.0. The molecule has 0 bridgehead atoms. The molecule has 0 aliphatic carbocycles. The maximum Gasteiger partial charge on any atom is 0.263 e. The summed E-state index contributed by atoms with van der Waals surface area (Å²) in [5.41, 5.74) is 5.94. The molecule has 0 spiro atoms. The van der Waals surface area contributed by atoms with Gasteiger partial charge in [0.1, 0.15) is 14.8 Å². The van der Waals surface area contributed by atoms with E-state index >= 15 is 0 Å². The van der Waals surface area contributed by atoms with Gasteiger partial charge in [-0.1, -0.05) is 6.92 Å². The van der Waals surface area contributed by atoms with Crippen molar-refractivity contribution in [2.45, 2.75) is 25.2 Å². The number of nitrogens with two attached hydrogens (primary N) is 1. The molecule has 1 heterocycles. The van der Waals surface area contributed by atoms with Gasteiger partial charge >= 0.3 is 0 Å². The molecule has 0 atom stereocenters. The summed E-state index contributed by atoms with van der Waals surface area (Å²) in [6, 6.07) is 0. The summed E-state index contributed by atoms with van der Waals surface area (Å²) in [6.45, 7) is 5.00. The Morgan fingerprint density at radius 3 is 2.45 bits per heavy atom. The van der Waals surface area contributed by atoms with Crippen molar-refractivity contribution in [1.29, 1.82) is 0 Å². The van der Waals surface area contributed by atoms with Crippen molar-refractivity contribution in [2.24, 2.45) is 0 Å². The minimum absolute atomic E-state index is 0.0430. The van der Waals surface area contributed by atoms with Crippen molar-refractivity contribution < 1.29 is 13.2 Å². The Bertz CT molecular complexity index is 593. The first-order chi connectivity index (χ1) is 9.23. The zero-order chi connectivity index (χ0) is 15.5. The van der Waals surface area contributed by atoms with Crippen LogP contribution >= 0.6 is 11.3 Å². The molecule has 6 nitrogen and oxygen atoms in total. The molecule has 0 fully saturated rings. The molecule has 1 aromatic heterocycles. The average Bonchev–Trinajstić information content (AvgIpc) is 2.72. The van der Waals surface area contributed by atoms with E-state index < -0.39 is 9.84 Å². The molecule has 0 saturated heterocycles. The minimum Gasteiger partial charge on any atom is -0.396 e. The van der Waals surface area contributed by atoms with Crippen LogP contribution in [0.4, 0.5) is 10.7 Å². The van der Waals surface area contributed by atoms with Crippen LogP contribution in [0.2, 0.25) is 0 Å². The molecule has 0 unspecified atom stereocenters. The fourth-order valence-corrected chi connectivity index (χ4v) is 4.33. The lowest BCUT2D eigenvalue weighted by atomic mass is 10.3. The Morgan fingerprint density at radius 1 is 1.40 bits per heavy atom. The van der Waals surface area contributed by atoms with Crippen molar-refractivity contribution in [1.82, 2.24) is 5.32 Å². The molecular formula is C12H21N3O3S2. The Labute approximate surface area is 123 Å². The third kappa shape index (κ3) is 3.43. The Balaban J connectivity index is 3.37. The molecule has 1 aromatic rings. The quantitative estimate of drug-likeness (QED) is 0.825. The van der Waals surface area contributed by atoms with Crippen molar-refractivity contribution in [2.75, 3.05) is 37.0 Å². The van der Waals surface area contributed by atoms with Crippen LogP contribution in [0.1, 0.15) is 29.9 Å². The van der Waals surface area contributed by atoms with Crippen LogP contribution < -0.4 is 16.0 Å². The van der Waals surface area contributed by atoms with E-state index in [9.17, 15) is 13.2 Å². The number of nitrogens with one attached hydrogen (secondary N) is 1. The van der Waals surface area contributed by atoms with Gasteiger partial charge in [-0.25, -0.2) is 8.42 Å². The standard InChI is InChI=1S/C12H21N3O3S2/c1-5-7-14-11(16)9-8(13)10(20(4,17)18)12(19-9)15(3)6-2/h5-7,13H2,1-4H3,(H,14,16). The third-order valence-electron chi connectivity index (χ3n) is 2.82. The van der Waals surface area contributed by atoms with Crippen LogP contribution in [0.25, 0.3) is 0 Å². The summed E-state index contributed by atoms with van der Waals surface area (Å²) in [5, 5.41) is 3.23. The van der Waals surface area contributed by atoms with Gasteiger partial charge in [-0.05, 0) is 13.3 Å². The maximum atomic E-state index is 12.0. The SMILES string of the molecule is CCCNC(=O)c1sc(N(C)CC)c(S(C)(=O)=O)c1N. The first-order valence-corrected chi connectivity index (χ1v) is 9.06. The number of carbonyl (C=O) groups is 1. The third-order valence-corrected chi connectivity index (χ3v) is 5.42. The number of amides is 1. The van der Waals surface area contributed by atoms with E-state index in [-0.39, 0.29) is 21.4 Å². The lowest BCUT2D eigenvalue weighted by Crippen LogP contribution is -2.24. The van der Waals surface area contributed by atoms with Gasteiger partial charge in [-0.15, -0.1) is 11.3 Å². The molecule has 20 heavy (non-hydrogen) atoms. The summed E-state index contributed by atoms with van der Waals surface area (Å²) in [7, 11) is -1.72. The normalized spacial score (nSPS) is 11.4. The zero-order valence-corrected chi connectivity index (χ0v) is 13.8. The number of nitrogens with zero attached hydrogens (tertiary/aromatic N) is 1. The van der Waals surface area contributed by atoms with Gasteiger partial charge in [0.25, 0.3) is 5.91 Å². The number of hydrogen-bond donors (Lipinski definition) is 2. The van der Waals surface area contributed by atoms with Crippen molar-refractivity contribution in [3.63, 3.8) is 0 Å². The summed E-state index contributed by atoms with van der Waals surface area (Å²) < 4.78 is 23.8. The summed E-state index contributed by atoms with van der Waals surface area (Å²) in [4.78, 5) is 14.1. The molecule has 0 aliphatic heterocycles. The Kier molecular flexibility index (Phi) is 5.41. The van der Waals surface area contributed by atoms with E-state index in [4.69, 9.17) is 5.73 Å². The summed E-state index contributed by atoms with van der Waals surface area (Å²) in [5.74, 6) is -0.324. The second-order valence-electron chi connectivity index (χ2n) is 4.52. The van der Waals surface area contributed by atoms with Crippen LogP contribution in [0.15, 0.2) is 4.90 Å². The fourth-order valence-electron chi connectivity index (χ4n) is 1.66. The largest absolute Gasteiger partial charge is 0.396 e. The van der Waals surface area contributed by atoms with Crippen molar-refractivity contribution in [3.8, 4) is 0 Å². The highest BCUT2D eigenvalue weighted by molar-refractivity contribution is 7.91.